The average Bonchev–Trinajstić information content (AvgIpc) is 2.25. The summed E-state index contributed by atoms with van der Waals surface area (Å²) in [7, 11) is 0. The molecule has 1 aromatic carbocycles. The number of ether oxygens (including phenoxy) is 1. The van der Waals surface area contributed by atoms with E-state index in [1.54, 1.807) is 24.3 Å². The van der Waals surface area contributed by atoms with Crippen LogP contribution in [0.5, 0.6) is 5.75 Å². The molecule has 15 heavy (non-hydrogen) atoms. The van der Waals surface area contributed by atoms with E-state index in [1.807, 2.05) is 6.07 Å². The molecule has 0 heterocycles. The first-order valence-electron chi connectivity index (χ1n) is 4.59. The molecule has 0 aliphatic heterocycles. The first-order valence-corrected chi connectivity index (χ1v) is 4.59. The standard InChI is InChI=1S/C11H11F2NO/c12-11(13)8-15-10-5-3-9(4-6-10)2-1-7-14/h3-6,11H,1-2,8H2. The van der Waals surface area contributed by atoms with E-state index in [2.05, 4.69) is 0 Å². The maximum Gasteiger partial charge on any atom is 0.272 e. The average molecular weight is 211 g/mol. The maximum absolute atomic E-state index is 11.8. The number of nitrogens with zero attached hydrogens (tertiary/aromatic N) is 1. The predicted molar refractivity (Wildman–Crippen MR) is 51.9 cm³/mol. The number of hydrogen-bond acceptors (Lipinski definition) is 2. The number of aryl methyl sites for hydroxylation is 1. The highest BCUT2D eigenvalue weighted by Gasteiger charge is 2.03. The Balaban J connectivity index is 2.46. The second-order valence-corrected chi connectivity index (χ2v) is 3.00. The molecule has 4 heteroatoms. The number of alkyl halides is 2. The predicted octanol–water partition coefficient (Wildman–Crippen LogP) is 2.79. The van der Waals surface area contributed by atoms with Crippen LogP contribution in [0.3, 0.4) is 0 Å². The Morgan fingerprint density at radius 1 is 1.27 bits per heavy atom. The van der Waals surface area contributed by atoms with E-state index in [9.17, 15) is 8.78 Å². The normalized spacial score (nSPS) is 10.0. The van der Waals surface area contributed by atoms with Crippen LogP contribution < -0.4 is 4.74 Å². The fourth-order valence-corrected chi connectivity index (χ4v) is 1.11. The Hall–Kier alpha value is -1.63. The molecule has 0 saturated heterocycles. The van der Waals surface area contributed by atoms with E-state index in [1.165, 1.54) is 0 Å². The largest absolute Gasteiger partial charge is 0.488 e. The third kappa shape index (κ3) is 4.41. The van der Waals surface area contributed by atoms with Gasteiger partial charge in [-0.05, 0) is 24.1 Å². The van der Waals surface area contributed by atoms with Crippen LogP contribution in [0.25, 0.3) is 0 Å². The Morgan fingerprint density at radius 2 is 1.93 bits per heavy atom. The topological polar surface area (TPSA) is 33.0 Å². The van der Waals surface area contributed by atoms with Crippen LogP contribution in [-0.2, 0) is 6.42 Å². The molecule has 1 rings (SSSR count). The van der Waals surface area contributed by atoms with E-state index < -0.39 is 13.0 Å². The highest BCUT2D eigenvalue weighted by atomic mass is 19.3. The lowest BCUT2D eigenvalue weighted by molar-refractivity contribution is 0.0819. The summed E-state index contributed by atoms with van der Waals surface area (Å²) in [4.78, 5) is 0. The molecular formula is C11H11F2NO. The monoisotopic (exact) mass is 211 g/mol. The number of benzene rings is 1. The third-order valence-electron chi connectivity index (χ3n) is 1.82. The summed E-state index contributed by atoms with van der Waals surface area (Å²) in [5, 5.41) is 8.37. The van der Waals surface area contributed by atoms with Crippen LogP contribution >= 0.6 is 0 Å². The molecule has 0 aromatic heterocycles. The minimum absolute atomic E-state index is 0.427. The van der Waals surface area contributed by atoms with Gasteiger partial charge in [0.1, 0.15) is 12.4 Å². The molecule has 0 amide bonds. The third-order valence-corrected chi connectivity index (χ3v) is 1.82. The Labute approximate surface area is 87.1 Å². The van der Waals surface area contributed by atoms with Crippen LogP contribution in [0.2, 0.25) is 0 Å². The van der Waals surface area contributed by atoms with Gasteiger partial charge < -0.3 is 4.74 Å². The van der Waals surface area contributed by atoms with Crippen molar-refractivity contribution in [2.24, 2.45) is 0 Å². The quantitative estimate of drug-likeness (QED) is 0.750. The minimum atomic E-state index is -2.46. The highest BCUT2D eigenvalue weighted by molar-refractivity contribution is 5.27. The van der Waals surface area contributed by atoms with Crippen LogP contribution in [0, 0.1) is 11.3 Å². The molecule has 0 N–H and O–H groups in total. The van der Waals surface area contributed by atoms with E-state index in [4.69, 9.17) is 10.00 Å². The van der Waals surface area contributed by atoms with Crippen molar-refractivity contribution < 1.29 is 13.5 Å². The second-order valence-electron chi connectivity index (χ2n) is 3.00. The Morgan fingerprint density at radius 3 is 2.47 bits per heavy atom. The summed E-state index contributed by atoms with van der Waals surface area (Å²) < 4.78 is 28.4. The van der Waals surface area contributed by atoms with Gasteiger partial charge in [0.2, 0.25) is 0 Å². The fourth-order valence-electron chi connectivity index (χ4n) is 1.11. The van der Waals surface area contributed by atoms with E-state index in [-0.39, 0.29) is 0 Å². The molecule has 0 radical (unpaired) electrons. The molecule has 0 bridgehead atoms. The number of hydrogen-bond donors (Lipinski definition) is 0. The summed E-state index contributed by atoms with van der Waals surface area (Å²) in [5.74, 6) is 0.427. The first kappa shape index (κ1) is 11.4. The van der Waals surface area contributed by atoms with Gasteiger partial charge in [-0.3, -0.25) is 0 Å². The van der Waals surface area contributed by atoms with Crippen molar-refractivity contribution in [2.45, 2.75) is 19.3 Å². The number of nitriles is 1. The lowest BCUT2D eigenvalue weighted by Crippen LogP contribution is -2.06. The highest BCUT2D eigenvalue weighted by Crippen LogP contribution is 2.13. The zero-order valence-electron chi connectivity index (χ0n) is 8.12. The molecule has 1 aromatic rings. The van der Waals surface area contributed by atoms with Crippen molar-refractivity contribution in [2.75, 3.05) is 6.61 Å². The molecule has 0 fully saturated rings. The van der Waals surface area contributed by atoms with Gasteiger partial charge in [-0.2, -0.15) is 5.26 Å². The van der Waals surface area contributed by atoms with Crippen LogP contribution in [-0.4, -0.2) is 13.0 Å². The van der Waals surface area contributed by atoms with Gasteiger partial charge in [0.25, 0.3) is 6.43 Å². The summed E-state index contributed by atoms with van der Waals surface area (Å²) in [6.07, 6.45) is -1.33. The van der Waals surface area contributed by atoms with Gasteiger partial charge in [0, 0.05) is 6.42 Å². The van der Waals surface area contributed by atoms with E-state index >= 15 is 0 Å². The summed E-state index contributed by atoms with van der Waals surface area (Å²) in [6.45, 7) is -0.586. The smallest absolute Gasteiger partial charge is 0.272 e. The summed E-state index contributed by atoms with van der Waals surface area (Å²) in [6, 6.07) is 8.86. The molecular weight excluding hydrogens is 200 g/mol. The molecule has 0 spiro atoms. The van der Waals surface area contributed by atoms with Crippen molar-refractivity contribution in [3.8, 4) is 11.8 Å². The van der Waals surface area contributed by atoms with Crippen LogP contribution in [0.4, 0.5) is 8.78 Å². The number of halogens is 2. The van der Waals surface area contributed by atoms with Crippen molar-refractivity contribution in [3.05, 3.63) is 29.8 Å². The van der Waals surface area contributed by atoms with Crippen molar-refractivity contribution in [3.63, 3.8) is 0 Å². The lowest BCUT2D eigenvalue weighted by Gasteiger charge is -2.05. The Bertz CT molecular complexity index is 329. The fraction of sp³-hybridized carbons (Fsp3) is 0.364. The molecule has 0 aliphatic carbocycles. The molecule has 0 aliphatic rings. The summed E-state index contributed by atoms with van der Waals surface area (Å²) >= 11 is 0. The van der Waals surface area contributed by atoms with Crippen LogP contribution in [0.1, 0.15) is 12.0 Å². The van der Waals surface area contributed by atoms with Gasteiger partial charge in [0.05, 0.1) is 6.07 Å². The molecule has 2 nitrogen and oxygen atoms in total. The lowest BCUT2D eigenvalue weighted by atomic mass is 10.1. The Kier molecular flexibility index (Phi) is 4.55. The second kappa shape index (κ2) is 5.97. The SMILES string of the molecule is N#CCCc1ccc(OCC(F)F)cc1. The van der Waals surface area contributed by atoms with E-state index in [0.29, 0.717) is 18.6 Å². The molecule has 0 atom stereocenters. The number of rotatable bonds is 5. The van der Waals surface area contributed by atoms with Gasteiger partial charge in [-0.25, -0.2) is 8.78 Å². The molecule has 0 unspecified atom stereocenters. The first-order chi connectivity index (χ1) is 7.22. The van der Waals surface area contributed by atoms with E-state index in [0.717, 1.165) is 5.56 Å². The minimum Gasteiger partial charge on any atom is -0.488 e. The zero-order chi connectivity index (χ0) is 11.1. The molecule has 0 saturated carbocycles. The zero-order valence-corrected chi connectivity index (χ0v) is 8.12. The maximum atomic E-state index is 11.8. The van der Waals surface area contributed by atoms with Gasteiger partial charge in [0.15, 0.2) is 0 Å². The van der Waals surface area contributed by atoms with Crippen LogP contribution in [0.15, 0.2) is 24.3 Å². The van der Waals surface area contributed by atoms with Crippen molar-refractivity contribution >= 4 is 0 Å². The molecule has 80 valence electrons. The van der Waals surface area contributed by atoms with Gasteiger partial charge in [-0.15, -0.1) is 0 Å². The van der Waals surface area contributed by atoms with Gasteiger partial charge in [-0.1, -0.05) is 12.1 Å². The van der Waals surface area contributed by atoms with Crippen molar-refractivity contribution in [1.29, 1.82) is 5.26 Å². The van der Waals surface area contributed by atoms with Gasteiger partial charge >= 0.3 is 0 Å². The van der Waals surface area contributed by atoms with Crippen molar-refractivity contribution in [1.82, 2.24) is 0 Å². The summed E-state index contributed by atoms with van der Waals surface area (Å²) in [5.41, 5.74) is 1.00.